The molecule has 1 aliphatic rings. The second-order valence-corrected chi connectivity index (χ2v) is 6.24. The molecule has 0 saturated heterocycles. The molecule has 126 valence electrons. The van der Waals surface area contributed by atoms with Crippen LogP contribution in [0, 0.1) is 5.92 Å². The van der Waals surface area contributed by atoms with Gasteiger partial charge in [0.1, 0.15) is 11.5 Å². The first kappa shape index (κ1) is 15.3. The highest BCUT2D eigenvalue weighted by Gasteiger charge is 2.29. The summed E-state index contributed by atoms with van der Waals surface area (Å²) in [6.07, 6.45) is 0.537. The van der Waals surface area contributed by atoms with Gasteiger partial charge in [-0.25, -0.2) is 4.98 Å². The fourth-order valence-electron chi connectivity index (χ4n) is 3.02. The molecular weight excluding hydrogens is 318 g/mol. The van der Waals surface area contributed by atoms with Crippen molar-refractivity contribution in [2.75, 3.05) is 10.6 Å². The van der Waals surface area contributed by atoms with Crippen LogP contribution < -0.4 is 10.6 Å². The van der Waals surface area contributed by atoms with Crippen LogP contribution >= 0.6 is 0 Å². The Morgan fingerprint density at radius 1 is 1.28 bits per heavy atom. The van der Waals surface area contributed by atoms with E-state index in [1.54, 1.807) is 17.8 Å². The van der Waals surface area contributed by atoms with E-state index < -0.39 is 0 Å². The molecule has 7 heteroatoms. The highest BCUT2D eigenvalue weighted by Crippen LogP contribution is 2.31. The Hall–Kier alpha value is -3.22. The van der Waals surface area contributed by atoms with Crippen LogP contribution in [0.4, 0.5) is 11.6 Å². The lowest BCUT2D eigenvalue weighted by atomic mass is 9.98. The standard InChI is InChI=1S/C18H17N5O2/c1-10-9-12-15(22-23(2)16(12)21-17(10)24)20-18(25)14-8-7-11-5-3-4-6-13(11)19-14/h3-8,10H,9H2,1-2H3,(H,21,24)(H,20,22,25)/t10-/m0/s1. The lowest BCUT2D eigenvalue weighted by Crippen LogP contribution is -2.28. The van der Waals surface area contributed by atoms with E-state index in [1.165, 1.54) is 0 Å². The number of amides is 2. The number of para-hydroxylation sites is 1. The zero-order valence-corrected chi connectivity index (χ0v) is 13.9. The minimum Gasteiger partial charge on any atom is -0.310 e. The summed E-state index contributed by atoms with van der Waals surface area (Å²) in [6, 6.07) is 11.2. The van der Waals surface area contributed by atoms with Crippen LogP contribution in [0.5, 0.6) is 0 Å². The number of benzene rings is 1. The van der Waals surface area contributed by atoms with Crippen LogP contribution in [0.25, 0.3) is 10.9 Å². The zero-order chi connectivity index (χ0) is 17.6. The van der Waals surface area contributed by atoms with Gasteiger partial charge >= 0.3 is 0 Å². The first-order chi connectivity index (χ1) is 12.0. The predicted octanol–water partition coefficient (Wildman–Crippen LogP) is 2.35. The lowest BCUT2D eigenvalue weighted by Gasteiger charge is -2.19. The maximum Gasteiger partial charge on any atom is 0.275 e. The maximum absolute atomic E-state index is 12.6. The van der Waals surface area contributed by atoms with Gasteiger partial charge in [-0.1, -0.05) is 31.2 Å². The third kappa shape index (κ3) is 2.63. The van der Waals surface area contributed by atoms with E-state index in [0.717, 1.165) is 16.5 Å². The fraction of sp³-hybridized carbons (Fsp3) is 0.222. The lowest BCUT2D eigenvalue weighted by molar-refractivity contribution is -0.119. The van der Waals surface area contributed by atoms with Gasteiger partial charge in [-0.15, -0.1) is 0 Å². The molecule has 7 nitrogen and oxygen atoms in total. The van der Waals surface area contributed by atoms with Crippen LogP contribution in [0.3, 0.4) is 0 Å². The summed E-state index contributed by atoms with van der Waals surface area (Å²) in [5.74, 6) is 0.570. The van der Waals surface area contributed by atoms with Gasteiger partial charge in [0, 0.05) is 23.9 Å². The van der Waals surface area contributed by atoms with Crippen LogP contribution in [-0.2, 0) is 18.3 Å². The molecular formula is C18H17N5O2. The molecule has 4 rings (SSSR count). The van der Waals surface area contributed by atoms with Crippen LogP contribution in [-0.4, -0.2) is 26.6 Å². The number of carbonyl (C=O) groups is 2. The van der Waals surface area contributed by atoms with Crippen LogP contribution in [0.2, 0.25) is 0 Å². The van der Waals surface area contributed by atoms with E-state index in [1.807, 2.05) is 37.3 Å². The van der Waals surface area contributed by atoms with Crippen molar-refractivity contribution in [3.05, 3.63) is 47.7 Å². The smallest absolute Gasteiger partial charge is 0.275 e. The van der Waals surface area contributed by atoms with E-state index in [2.05, 4.69) is 20.7 Å². The number of aryl methyl sites for hydroxylation is 1. The van der Waals surface area contributed by atoms with Crippen LogP contribution in [0.15, 0.2) is 36.4 Å². The Labute approximate surface area is 144 Å². The molecule has 0 radical (unpaired) electrons. The van der Waals surface area contributed by atoms with Crippen molar-refractivity contribution < 1.29 is 9.59 Å². The van der Waals surface area contributed by atoms with Gasteiger partial charge in [0.05, 0.1) is 5.52 Å². The predicted molar refractivity (Wildman–Crippen MR) is 94.4 cm³/mol. The van der Waals surface area contributed by atoms with E-state index in [9.17, 15) is 9.59 Å². The summed E-state index contributed by atoms with van der Waals surface area (Å²) in [4.78, 5) is 28.8. The highest BCUT2D eigenvalue weighted by molar-refractivity contribution is 6.05. The van der Waals surface area contributed by atoms with Gasteiger partial charge < -0.3 is 10.6 Å². The molecule has 0 fully saturated rings. The Kier molecular flexibility index (Phi) is 3.49. The van der Waals surface area contributed by atoms with Gasteiger partial charge in [0.2, 0.25) is 5.91 Å². The Balaban J connectivity index is 1.65. The number of hydrogen-bond donors (Lipinski definition) is 2. The Morgan fingerprint density at radius 2 is 2.08 bits per heavy atom. The number of carbonyl (C=O) groups excluding carboxylic acids is 2. The van der Waals surface area contributed by atoms with Crippen LogP contribution in [0.1, 0.15) is 23.0 Å². The number of aromatic nitrogens is 3. The average Bonchev–Trinajstić information content (AvgIpc) is 2.90. The SMILES string of the molecule is C[C@H]1Cc2c(NC(=O)c3ccc4ccccc4n3)nn(C)c2NC1=O. The Morgan fingerprint density at radius 3 is 2.92 bits per heavy atom. The molecule has 1 atom stereocenters. The van der Waals surface area contributed by atoms with Gasteiger partial charge in [-0.3, -0.25) is 14.3 Å². The van der Waals surface area contributed by atoms with E-state index in [0.29, 0.717) is 23.8 Å². The molecule has 0 saturated carbocycles. The molecule has 25 heavy (non-hydrogen) atoms. The van der Waals surface area contributed by atoms with E-state index >= 15 is 0 Å². The molecule has 3 aromatic rings. The third-order valence-corrected chi connectivity index (χ3v) is 4.41. The van der Waals surface area contributed by atoms with Crippen molar-refractivity contribution in [2.45, 2.75) is 13.3 Å². The number of rotatable bonds is 2. The van der Waals surface area contributed by atoms with Crippen molar-refractivity contribution >= 4 is 34.4 Å². The second-order valence-electron chi connectivity index (χ2n) is 6.24. The second kappa shape index (κ2) is 5.70. The normalized spacial score (nSPS) is 16.4. The highest BCUT2D eigenvalue weighted by atomic mass is 16.2. The molecule has 3 heterocycles. The number of nitrogens with one attached hydrogen (secondary N) is 2. The molecule has 1 aromatic carbocycles. The summed E-state index contributed by atoms with van der Waals surface area (Å²) >= 11 is 0. The molecule has 2 N–H and O–H groups in total. The van der Waals surface area contributed by atoms with Crippen molar-refractivity contribution in [1.82, 2.24) is 14.8 Å². The molecule has 2 aromatic heterocycles. The minimum atomic E-state index is -0.323. The quantitative estimate of drug-likeness (QED) is 0.752. The summed E-state index contributed by atoms with van der Waals surface area (Å²) in [7, 11) is 1.74. The Bertz CT molecular complexity index is 1010. The van der Waals surface area contributed by atoms with Crippen molar-refractivity contribution in [3.8, 4) is 0 Å². The minimum absolute atomic E-state index is 0.0374. The number of anilines is 2. The fourth-order valence-corrected chi connectivity index (χ4v) is 3.02. The monoisotopic (exact) mass is 335 g/mol. The number of fused-ring (bicyclic) bond motifs is 2. The molecule has 1 aliphatic heterocycles. The topological polar surface area (TPSA) is 88.9 Å². The largest absolute Gasteiger partial charge is 0.310 e. The molecule has 0 aliphatic carbocycles. The number of nitrogens with zero attached hydrogens (tertiary/aromatic N) is 3. The summed E-state index contributed by atoms with van der Waals surface area (Å²) in [5, 5.41) is 11.0. The van der Waals surface area contributed by atoms with Crippen molar-refractivity contribution in [2.24, 2.45) is 13.0 Å². The number of hydrogen-bond acceptors (Lipinski definition) is 4. The third-order valence-electron chi connectivity index (χ3n) is 4.41. The van der Waals surface area contributed by atoms with Gasteiger partial charge in [-0.05, 0) is 18.6 Å². The molecule has 2 amide bonds. The van der Waals surface area contributed by atoms with E-state index in [4.69, 9.17) is 0 Å². The maximum atomic E-state index is 12.6. The zero-order valence-electron chi connectivity index (χ0n) is 13.9. The van der Waals surface area contributed by atoms with Crippen molar-refractivity contribution in [1.29, 1.82) is 0 Å². The molecule has 0 unspecified atom stereocenters. The molecule has 0 bridgehead atoms. The van der Waals surface area contributed by atoms with Gasteiger partial charge in [-0.2, -0.15) is 5.10 Å². The number of pyridine rings is 1. The van der Waals surface area contributed by atoms with Gasteiger partial charge in [0.15, 0.2) is 5.82 Å². The first-order valence-electron chi connectivity index (χ1n) is 8.07. The molecule has 0 spiro atoms. The average molecular weight is 335 g/mol. The summed E-state index contributed by atoms with van der Waals surface area (Å²) in [6.45, 7) is 1.85. The van der Waals surface area contributed by atoms with Crippen molar-refractivity contribution in [3.63, 3.8) is 0 Å². The van der Waals surface area contributed by atoms with E-state index in [-0.39, 0.29) is 17.7 Å². The van der Waals surface area contributed by atoms with Gasteiger partial charge in [0.25, 0.3) is 5.91 Å². The summed E-state index contributed by atoms with van der Waals surface area (Å²) in [5.41, 5.74) is 1.92. The first-order valence-corrected chi connectivity index (χ1v) is 8.07. The summed E-state index contributed by atoms with van der Waals surface area (Å²) < 4.78 is 1.57.